The highest BCUT2D eigenvalue weighted by atomic mass is 35.5. The van der Waals surface area contributed by atoms with Gasteiger partial charge in [-0.1, -0.05) is 23.7 Å². The Morgan fingerprint density at radius 1 is 1.12 bits per heavy atom. The lowest BCUT2D eigenvalue weighted by atomic mass is 10.1. The highest BCUT2D eigenvalue weighted by molar-refractivity contribution is 7.16. The number of benzene rings is 2. The molecule has 2 aromatic carbocycles. The first-order chi connectivity index (χ1) is 12.6. The number of aromatic nitrogens is 1. The molecule has 0 unspecified atom stereocenters. The Morgan fingerprint density at radius 2 is 1.85 bits per heavy atom. The van der Waals surface area contributed by atoms with Crippen LogP contribution in [0.4, 0.5) is 5.13 Å². The lowest BCUT2D eigenvalue weighted by Gasteiger charge is -2.18. The molecule has 0 aliphatic carbocycles. The van der Waals surface area contributed by atoms with E-state index in [0.29, 0.717) is 40.4 Å². The Kier molecular flexibility index (Phi) is 4.53. The van der Waals surface area contributed by atoms with E-state index in [4.69, 9.17) is 21.1 Å². The summed E-state index contributed by atoms with van der Waals surface area (Å²) >= 11 is 7.37. The first kappa shape index (κ1) is 16.9. The van der Waals surface area contributed by atoms with Gasteiger partial charge in [-0.3, -0.25) is 10.1 Å². The third-order valence-electron chi connectivity index (χ3n) is 3.94. The fraction of sp³-hybridized carbons (Fsp3) is 0.158. The lowest BCUT2D eigenvalue weighted by Crippen LogP contribution is -2.17. The van der Waals surface area contributed by atoms with Gasteiger partial charge < -0.3 is 9.47 Å². The van der Waals surface area contributed by atoms with E-state index in [2.05, 4.69) is 10.3 Å². The van der Waals surface area contributed by atoms with E-state index in [-0.39, 0.29) is 5.91 Å². The number of amides is 1. The molecule has 0 saturated heterocycles. The maximum Gasteiger partial charge on any atom is 0.257 e. The van der Waals surface area contributed by atoms with E-state index in [1.165, 1.54) is 11.3 Å². The summed E-state index contributed by atoms with van der Waals surface area (Å²) in [4.78, 5) is 18.1. The quantitative estimate of drug-likeness (QED) is 0.702. The van der Waals surface area contributed by atoms with Crippen molar-refractivity contribution in [2.24, 2.45) is 0 Å². The van der Waals surface area contributed by atoms with E-state index in [9.17, 15) is 4.79 Å². The van der Waals surface area contributed by atoms with Crippen molar-refractivity contribution in [2.45, 2.75) is 6.92 Å². The number of rotatable bonds is 3. The highest BCUT2D eigenvalue weighted by Crippen LogP contribution is 2.33. The van der Waals surface area contributed by atoms with Crippen molar-refractivity contribution in [2.75, 3.05) is 18.5 Å². The first-order valence-corrected chi connectivity index (χ1v) is 9.24. The number of nitrogens with one attached hydrogen (secondary N) is 1. The van der Waals surface area contributed by atoms with Crippen molar-refractivity contribution >= 4 is 34.0 Å². The number of fused-ring (bicyclic) bond motifs is 1. The van der Waals surface area contributed by atoms with E-state index >= 15 is 0 Å². The molecule has 26 heavy (non-hydrogen) atoms. The van der Waals surface area contributed by atoms with Gasteiger partial charge in [-0.2, -0.15) is 0 Å². The van der Waals surface area contributed by atoms with Crippen molar-refractivity contribution in [3.63, 3.8) is 0 Å². The van der Waals surface area contributed by atoms with Crippen molar-refractivity contribution in [3.05, 3.63) is 57.9 Å². The van der Waals surface area contributed by atoms with Crippen LogP contribution in [0.2, 0.25) is 5.02 Å². The van der Waals surface area contributed by atoms with Crippen LogP contribution in [0.3, 0.4) is 0 Å². The van der Waals surface area contributed by atoms with Crippen LogP contribution in [0.5, 0.6) is 11.5 Å². The van der Waals surface area contributed by atoms with Crippen LogP contribution in [-0.2, 0) is 0 Å². The van der Waals surface area contributed by atoms with Crippen molar-refractivity contribution in [1.82, 2.24) is 4.98 Å². The zero-order valence-corrected chi connectivity index (χ0v) is 15.5. The number of hydrogen-bond acceptors (Lipinski definition) is 5. The van der Waals surface area contributed by atoms with E-state index < -0.39 is 0 Å². The maximum atomic E-state index is 12.5. The molecule has 0 radical (unpaired) electrons. The van der Waals surface area contributed by atoms with Crippen LogP contribution in [0.15, 0.2) is 42.5 Å². The second kappa shape index (κ2) is 6.97. The van der Waals surface area contributed by atoms with Crippen LogP contribution in [0.1, 0.15) is 15.2 Å². The summed E-state index contributed by atoms with van der Waals surface area (Å²) in [5.74, 6) is 1.00. The Bertz CT molecular complexity index is 969. The van der Waals surface area contributed by atoms with Crippen LogP contribution in [0.25, 0.3) is 11.3 Å². The predicted octanol–water partition coefficient (Wildman–Crippen LogP) is 4.80. The molecule has 1 aromatic heterocycles. The van der Waals surface area contributed by atoms with Crippen molar-refractivity contribution < 1.29 is 14.3 Å². The zero-order valence-electron chi connectivity index (χ0n) is 13.9. The summed E-state index contributed by atoms with van der Waals surface area (Å²) < 4.78 is 11.0. The van der Waals surface area contributed by atoms with Gasteiger partial charge in [-0.25, -0.2) is 4.98 Å². The van der Waals surface area contributed by atoms with Crippen LogP contribution >= 0.6 is 22.9 Å². The number of halogens is 1. The number of nitrogens with zero attached hydrogens (tertiary/aromatic N) is 1. The molecule has 1 N–H and O–H groups in total. The normalized spacial score (nSPS) is 12.7. The van der Waals surface area contributed by atoms with Gasteiger partial charge in [-0.15, -0.1) is 11.3 Å². The lowest BCUT2D eigenvalue weighted by molar-refractivity contribution is 0.102. The largest absolute Gasteiger partial charge is 0.486 e. The molecule has 1 aliphatic rings. The Labute approximate surface area is 159 Å². The Hall–Kier alpha value is -2.57. The molecule has 3 aromatic rings. The number of hydrogen-bond donors (Lipinski definition) is 1. The molecule has 5 nitrogen and oxygen atoms in total. The minimum absolute atomic E-state index is 0.238. The van der Waals surface area contributed by atoms with E-state index in [0.717, 1.165) is 16.1 Å². The molecular formula is C19H15ClN2O3S. The molecule has 7 heteroatoms. The molecule has 1 aliphatic heterocycles. The van der Waals surface area contributed by atoms with Gasteiger partial charge in [-0.05, 0) is 37.3 Å². The van der Waals surface area contributed by atoms with Gasteiger partial charge in [0.2, 0.25) is 0 Å². The first-order valence-electron chi connectivity index (χ1n) is 8.04. The van der Waals surface area contributed by atoms with Gasteiger partial charge >= 0.3 is 0 Å². The SMILES string of the molecule is Cc1sc(NC(=O)c2ccc3c(c2)OCCO3)nc1-c1ccc(Cl)cc1. The Morgan fingerprint density at radius 3 is 2.62 bits per heavy atom. The molecule has 0 fully saturated rings. The van der Waals surface area contributed by atoms with Gasteiger partial charge in [0.25, 0.3) is 5.91 Å². The third kappa shape index (κ3) is 3.38. The van der Waals surface area contributed by atoms with Crippen LogP contribution < -0.4 is 14.8 Å². The predicted molar refractivity (Wildman–Crippen MR) is 103 cm³/mol. The topological polar surface area (TPSA) is 60.5 Å². The summed E-state index contributed by atoms with van der Waals surface area (Å²) in [7, 11) is 0. The fourth-order valence-corrected chi connectivity index (χ4v) is 3.64. The number of carbonyl (C=O) groups excluding carboxylic acids is 1. The van der Waals surface area contributed by atoms with E-state index in [1.807, 2.05) is 31.2 Å². The maximum absolute atomic E-state index is 12.5. The van der Waals surface area contributed by atoms with Crippen LogP contribution in [0, 0.1) is 6.92 Å². The Balaban J connectivity index is 1.55. The minimum atomic E-state index is -0.238. The molecule has 0 bridgehead atoms. The fourth-order valence-electron chi connectivity index (χ4n) is 2.68. The molecule has 0 saturated carbocycles. The number of anilines is 1. The highest BCUT2D eigenvalue weighted by Gasteiger charge is 2.17. The van der Waals surface area contributed by atoms with Crippen molar-refractivity contribution in [1.29, 1.82) is 0 Å². The average Bonchev–Trinajstić information content (AvgIpc) is 3.02. The van der Waals surface area contributed by atoms with Gasteiger partial charge in [0.15, 0.2) is 16.6 Å². The molecule has 2 heterocycles. The number of thiazole rings is 1. The molecule has 0 atom stereocenters. The molecule has 0 spiro atoms. The molecule has 4 rings (SSSR count). The second-order valence-electron chi connectivity index (χ2n) is 5.74. The summed E-state index contributed by atoms with van der Waals surface area (Å²) in [6.07, 6.45) is 0. The molecule has 132 valence electrons. The number of aryl methyl sites for hydroxylation is 1. The summed E-state index contributed by atoms with van der Waals surface area (Å²) in [5, 5.41) is 4.08. The standard InChI is InChI=1S/C19H15ClN2O3S/c1-11-17(12-2-5-14(20)6-3-12)21-19(26-11)22-18(23)13-4-7-15-16(10-13)25-9-8-24-15/h2-7,10H,8-9H2,1H3,(H,21,22,23). The molecule has 1 amide bonds. The monoisotopic (exact) mass is 386 g/mol. The van der Waals surface area contributed by atoms with E-state index in [1.54, 1.807) is 18.2 Å². The van der Waals surface area contributed by atoms with Gasteiger partial charge in [0, 0.05) is 21.0 Å². The van der Waals surface area contributed by atoms with Crippen LogP contribution in [-0.4, -0.2) is 24.1 Å². The smallest absolute Gasteiger partial charge is 0.257 e. The average molecular weight is 387 g/mol. The third-order valence-corrected chi connectivity index (χ3v) is 5.08. The van der Waals surface area contributed by atoms with Crippen molar-refractivity contribution in [3.8, 4) is 22.8 Å². The summed E-state index contributed by atoms with van der Waals surface area (Å²) in [6.45, 7) is 2.97. The number of carbonyl (C=O) groups is 1. The van der Waals surface area contributed by atoms with Gasteiger partial charge in [0.05, 0.1) is 5.69 Å². The zero-order chi connectivity index (χ0) is 18.1. The number of ether oxygens (including phenoxy) is 2. The summed E-state index contributed by atoms with van der Waals surface area (Å²) in [6, 6.07) is 12.6. The minimum Gasteiger partial charge on any atom is -0.486 e. The molecular weight excluding hydrogens is 372 g/mol. The van der Waals surface area contributed by atoms with Gasteiger partial charge in [0.1, 0.15) is 13.2 Å². The second-order valence-corrected chi connectivity index (χ2v) is 7.38. The summed E-state index contributed by atoms with van der Waals surface area (Å²) in [5.41, 5.74) is 2.29.